The topological polar surface area (TPSA) is 54.2 Å². The molecule has 0 saturated heterocycles. The Morgan fingerprint density at radius 1 is 1.60 bits per heavy atom. The van der Waals surface area contributed by atoms with Crippen LogP contribution in [0, 0.1) is 13.8 Å². The zero-order valence-electron chi connectivity index (χ0n) is 6.18. The van der Waals surface area contributed by atoms with Crippen molar-refractivity contribution in [2.24, 2.45) is 10.7 Å². The van der Waals surface area contributed by atoms with Gasteiger partial charge in [0.15, 0.2) is 0 Å². The first kappa shape index (κ1) is 6.86. The third kappa shape index (κ3) is 1.18. The number of hydrogen-bond acceptors (Lipinski definition) is 1. The minimum Gasteiger partial charge on any atom is -0.390 e. The van der Waals surface area contributed by atoms with Gasteiger partial charge in [-0.25, -0.2) is 4.99 Å². The molecule has 0 unspecified atom stereocenters. The molecule has 0 amide bonds. The van der Waals surface area contributed by atoms with Gasteiger partial charge < -0.3 is 10.7 Å². The van der Waals surface area contributed by atoms with E-state index in [0.717, 1.165) is 17.1 Å². The summed E-state index contributed by atoms with van der Waals surface area (Å²) in [7, 11) is 0. The molecule has 0 radical (unpaired) electrons. The lowest BCUT2D eigenvalue weighted by Gasteiger charge is -1.86. The van der Waals surface area contributed by atoms with Gasteiger partial charge in [-0.3, -0.25) is 0 Å². The summed E-state index contributed by atoms with van der Waals surface area (Å²) < 4.78 is 0. The second kappa shape index (κ2) is 2.56. The van der Waals surface area contributed by atoms with Crippen molar-refractivity contribution in [3.63, 3.8) is 0 Å². The zero-order valence-corrected chi connectivity index (χ0v) is 6.18. The first-order chi connectivity index (χ1) is 4.74. The minimum absolute atomic E-state index is 0.847. The molecule has 0 aliphatic carbocycles. The Bertz CT molecular complexity index is 247. The molecule has 0 atom stereocenters. The Balaban J connectivity index is 3.03. The molecular formula is C7H11N3. The van der Waals surface area contributed by atoms with Crippen LogP contribution in [0.4, 0.5) is 5.82 Å². The van der Waals surface area contributed by atoms with Gasteiger partial charge in [-0.15, -0.1) is 0 Å². The average molecular weight is 137 g/mol. The van der Waals surface area contributed by atoms with E-state index < -0.39 is 0 Å². The van der Waals surface area contributed by atoms with E-state index >= 15 is 0 Å². The van der Waals surface area contributed by atoms with Crippen LogP contribution in [0.15, 0.2) is 11.1 Å². The van der Waals surface area contributed by atoms with Gasteiger partial charge in [-0.2, -0.15) is 0 Å². The van der Waals surface area contributed by atoms with Crippen LogP contribution >= 0.6 is 0 Å². The molecule has 3 nitrogen and oxygen atoms in total. The molecule has 1 rings (SSSR count). The minimum atomic E-state index is 0.847. The van der Waals surface area contributed by atoms with Crippen molar-refractivity contribution in [3.8, 4) is 0 Å². The van der Waals surface area contributed by atoms with Crippen LogP contribution in [0.2, 0.25) is 0 Å². The van der Waals surface area contributed by atoms with Gasteiger partial charge in [-0.05, 0) is 25.5 Å². The maximum atomic E-state index is 5.13. The van der Waals surface area contributed by atoms with Crippen molar-refractivity contribution >= 4 is 12.2 Å². The highest BCUT2D eigenvalue weighted by molar-refractivity contribution is 5.59. The Morgan fingerprint density at radius 2 is 2.30 bits per heavy atom. The van der Waals surface area contributed by atoms with Crippen LogP contribution in [0.5, 0.6) is 0 Å². The first-order valence-electron chi connectivity index (χ1n) is 3.14. The number of aliphatic imine (C=N–C) groups is 1. The summed E-state index contributed by atoms with van der Waals surface area (Å²) >= 11 is 0. The van der Waals surface area contributed by atoms with Gasteiger partial charge >= 0.3 is 0 Å². The van der Waals surface area contributed by atoms with Crippen LogP contribution < -0.4 is 5.73 Å². The van der Waals surface area contributed by atoms with Crippen molar-refractivity contribution in [1.82, 2.24) is 4.98 Å². The van der Waals surface area contributed by atoms with E-state index in [2.05, 4.69) is 9.98 Å². The third-order valence-corrected chi connectivity index (χ3v) is 1.33. The fourth-order valence-corrected chi connectivity index (χ4v) is 0.923. The molecule has 0 saturated carbocycles. The molecule has 1 aromatic rings. The molecule has 0 aliphatic rings. The molecule has 0 aromatic carbocycles. The molecule has 3 N–H and O–H groups in total. The van der Waals surface area contributed by atoms with Crippen LogP contribution in [0.25, 0.3) is 0 Å². The van der Waals surface area contributed by atoms with Gasteiger partial charge in [0.2, 0.25) is 0 Å². The number of aryl methyl sites for hydroxylation is 2. The van der Waals surface area contributed by atoms with E-state index in [9.17, 15) is 0 Å². The van der Waals surface area contributed by atoms with Crippen LogP contribution in [-0.2, 0) is 0 Å². The van der Waals surface area contributed by atoms with Crippen molar-refractivity contribution in [3.05, 3.63) is 17.3 Å². The summed E-state index contributed by atoms with van der Waals surface area (Å²) in [4.78, 5) is 6.99. The predicted octanol–water partition coefficient (Wildman–Crippen LogP) is 1.25. The molecule has 10 heavy (non-hydrogen) atoms. The molecule has 0 spiro atoms. The van der Waals surface area contributed by atoms with Crippen molar-refractivity contribution in [2.45, 2.75) is 13.8 Å². The van der Waals surface area contributed by atoms with Crippen molar-refractivity contribution in [2.75, 3.05) is 0 Å². The third-order valence-electron chi connectivity index (χ3n) is 1.33. The highest BCUT2D eigenvalue weighted by atomic mass is 14.9. The Kier molecular flexibility index (Phi) is 1.76. The molecule has 0 fully saturated rings. The summed E-state index contributed by atoms with van der Waals surface area (Å²) in [6.45, 7) is 3.98. The second-order valence-corrected chi connectivity index (χ2v) is 2.26. The maximum Gasteiger partial charge on any atom is 0.134 e. The largest absolute Gasteiger partial charge is 0.390 e. The smallest absolute Gasteiger partial charge is 0.134 e. The van der Waals surface area contributed by atoms with E-state index in [0.29, 0.717) is 0 Å². The quantitative estimate of drug-likeness (QED) is 0.444. The molecule has 1 aromatic heterocycles. The highest BCUT2D eigenvalue weighted by Crippen LogP contribution is 2.16. The number of nitrogens with two attached hydrogens (primary N) is 1. The monoisotopic (exact) mass is 137 g/mol. The number of nitrogens with zero attached hydrogens (tertiary/aromatic N) is 1. The Hall–Kier alpha value is -1.25. The molecule has 0 bridgehead atoms. The van der Waals surface area contributed by atoms with E-state index in [1.165, 1.54) is 6.34 Å². The van der Waals surface area contributed by atoms with E-state index in [1.54, 1.807) is 0 Å². The Labute approximate surface area is 60.0 Å². The molecule has 3 heteroatoms. The number of nitrogens with one attached hydrogen (secondary N) is 1. The Morgan fingerprint density at radius 3 is 2.70 bits per heavy atom. The highest BCUT2D eigenvalue weighted by Gasteiger charge is 1.96. The lowest BCUT2D eigenvalue weighted by molar-refractivity contribution is 1.24. The number of aromatic amines is 1. The van der Waals surface area contributed by atoms with E-state index in [-0.39, 0.29) is 0 Å². The summed E-state index contributed by atoms with van der Waals surface area (Å²) in [5, 5.41) is 0. The summed E-state index contributed by atoms with van der Waals surface area (Å²) in [6, 6.07) is 2.03. The van der Waals surface area contributed by atoms with Crippen LogP contribution in [0.1, 0.15) is 11.3 Å². The molecule has 54 valence electrons. The second-order valence-electron chi connectivity index (χ2n) is 2.26. The van der Waals surface area contributed by atoms with Gasteiger partial charge in [0.05, 0.1) is 6.34 Å². The van der Waals surface area contributed by atoms with E-state index in [4.69, 9.17) is 5.73 Å². The fraction of sp³-hybridized carbons (Fsp3) is 0.286. The average Bonchev–Trinajstić information content (AvgIpc) is 2.13. The summed E-state index contributed by atoms with van der Waals surface area (Å²) in [6.07, 6.45) is 1.29. The molecule has 0 aliphatic heterocycles. The number of hydrogen-bond donors (Lipinski definition) is 2. The molecular weight excluding hydrogens is 126 g/mol. The van der Waals surface area contributed by atoms with E-state index in [1.807, 2.05) is 19.9 Å². The standard InChI is InChI=1S/C7H11N3/c1-5-3-6(2)10-7(5)9-4-8/h3-4,10H,1-2H3,(H2,8,9). The van der Waals surface area contributed by atoms with Gasteiger partial charge in [0, 0.05) is 5.69 Å². The molecule has 1 heterocycles. The number of aromatic nitrogens is 1. The number of rotatable bonds is 1. The van der Waals surface area contributed by atoms with Gasteiger partial charge in [-0.1, -0.05) is 0 Å². The van der Waals surface area contributed by atoms with Gasteiger partial charge in [0.1, 0.15) is 5.82 Å². The van der Waals surface area contributed by atoms with Crippen molar-refractivity contribution < 1.29 is 0 Å². The summed E-state index contributed by atoms with van der Waals surface area (Å²) in [5.41, 5.74) is 7.36. The lowest BCUT2D eigenvalue weighted by Crippen LogP contribution is -1.86. The summed E-state index contributed by atoms with van der Waals surface area (Å²) in [5.74, 6) is 0.847. The maximum absolute atomic E-state index is 5.13. The van der Waals surface area contributed by atoms with Crippen LogP contribution in [-0.4, -0.2) is 11.3 Å². The SMILES string of the molecule is Cc1cc(C)c(/N=C\N)[nH]1. The fourth-order valence-electron chi connectivity index (χ4n) is 0.923. The normalized spacial score (nSPS) is 11.0. The lowest BCUT2D eigenvalue weighted by atomic mass is 10.3. The van der Waals surface area contributed by atoms with Crippen molar-refractivity contribution in [1.29, 1.82) is 0 Å². The predicted molar refractivity (Wildman–Crippen MR) is 42.6 cm³/mol. The zero-order chi connectivity index (χ0) is 7.56. The number of H-pyrrole nitrogens is 1. The van der Waals surface area contributed by atoms with Crippen LogP contribution in [0.3, 0.4) is 0 Å². The first-order valence-corrected chi connectivity index (χ1v) is 3.14. The van der Waals surface area contributed by atoms with Gasteiger partial charge in [0.25, 0.3) is 0 Å².